The summed E-state index contributed by atoms with van der Waals surface area (Å²) >= 11 is 0. The lowest BCUT2D eigenvalue weighted by atomic mass is 10.1. The number of esters is 4. The molecule has 0 amide bonds. The van der Waals surface area contributed by atoms with Gasteiger partial charge in [-0.3, -0.25) is 37.3 Å². The molecule has 0 saturated heterocycles. The van der Waals surface area contributed by atoms with Crippen molar-refractivity contribution in [2.75, 3.05) is 39.6 Å². The highest BCUT2D eigenvalue weighted by Crippen LogP contribution is 2.45. The number of phosphoric acid groups is 2. The van der Waals surface area contributed by atoms with Crippen molar-refractivity contribution >= 4 is 39.5 Å². The van der Waals surface area contributed by atoms with E-state index in [0.717, 1.165) is 180 Å². The number of aliphatic hydroxyl groups is 1. The van der Waals surface area contributed by atoms with Crippen LogP contribution >= 0.6 is 15.6 Å². The second-order valence-electron chi connectivity index (χ2n) is 25.1. The zero-order valence-electron chi connectivity index (χ0n) is 64.1. The third-order valence-corrected chi connectivity index (χ3v) is 17.3. The lowest BCUT2D eigenvalue weighted by molar-refractivity contribution is -0.161. The predicted molar refractivity (Wildman–Crippen MR) is 426 cm³/mol. The summed E-state index contributed by atoms with van der Waals surface area (Å²) in [7, 11) is -10.0. The van der Waals surface area contributed by atoms with Crippen LogP contribution in [-0.2, 0) is 65.4 Å². The van der Waals surface area contributed by atoms with Gasteiger partial charge in [0.2, 0.25) is 0 Å². The van der Waals surface area contributed by atoms with Gasteiger partial charge in [0.15, 0.2) is 12.2 Å². The molecule has 0 bridgehead atoms. The number of hydrogen-bond acceptors (Lipinski definition) is 15. The molecule has 0 saturated carbocycles. The van der Waals surface area contributed by atoms with Crippen molar-refractivity contribution in [3.05, 3.63) is 182 Å². The summed E-state index contributed by atoms with van der Waals surface area (Å²) in [6.07, 6.45) is 90.3. The van der Waals surface area contributed by atoms with E-state index in [9.17, 15) is 43.2 Å². The van der Waals surface area contributed by atoms with Gasteiger partial charge >= 0.3 is 39.5 Å². The molecule has 0 heterocycles. The van der Waals surface area contributed by atoms with E-state index in [1.807, 2.05) is 0 Å². The largest absolute Gasteiger partial charge is 0.472 e. The van der Waals surface area contributed by atoms with Crippen LogP contribution in [0, 0.1) is 0 Å². The minimum absolute atomic E-state index is 0.0288. The van der Waals surface area contributed by atoms with Crippen LogP contribution in [0.15, 0.2) is 182 Å². The van der Waals surface area contributed by atoms with Gasteiger partial charge < -0.3 is 33.8 Å². The van der Waals surface area contributed by atoms with E-state index in [4.69, 9.17) is 37.0 Å². The number of hydrogen-bond donors (Lipinski definition) is 3. The van der Waals surface area contributed by atoms with Crippen LogP contribution in [0.1, 0.15) is 272 Å². The topological polar surface area (TPSA) is 237 Å². The third-order valence-electron chi connectivity index (χ3n) is 15.4. The first-order valence-corrected chi connectivity index (χ1v) is 42.0. The molecule has 0 aliphatic carbocycles. The Bertz CT molecular complexity index is 2690. The monoisotopic (exact) mass is 1490 g/mol. The predicted octanol–water partition coefficient (Wildman–Crippen LogP) is 22.8. The minimum atomic E-state index is -5.01. The minimum Gasteiger partial charge on any atom is -0.462 e. The highest BCUT2D eigenvalue weighted by atomic mass is 31.2. The van der Waals surface area contributed by atoms with Crippen molar-refractivity contribution in [1.29, 1.82) is 0 Å². The summed E-state index contributed by atoms with van der Waals surface area (Å²) in [6.45, 7) is 4.26. The molecule has 5 unspecified atom stereocenters. The molecule has 0 fully saturated rings. The summed E-state index contributed by atoms with van der Waals surface area (Å²) in [6, 6.07) is 0. The normalized spacial score (nSPS) is 14.9. The first-order valence-electron chi connectivity index (χ1n) is 39.0. The van der Waals surface area contributed by atoms with Crippen LogP contribution in [0.4, 0.5) is 0 Å². The fraction of sp³-hybridized carbons (Fsp3) is 0.600. The third kappa shape index (κ3) is 74.4. The molecule has 0 aliphatic rings. The first kappa shape index (κ1) is 98.2. The fourth-order valence-electron chi connectivity index (χ4n) is 9.56. The molecular formula is C85H136O17P2. The van der Waals surface area contributed by atoms with Crippen LogP contribution in [0.5, 0.6) is 0 Å². The van der Waals surface area contributed by atoms with Gasteiger partial charge in [0, 0.05) is 25.7 Å². The lowest BCUT2D eigenvalue weighted by Gasteiger charge is -2.21. The summed E-state index contributed by atoms with van der Waals surface area (Å²) in [4.78, 5) is 73.0. The number of unbranched alkanes of at least 4 members (excludes halogenated alkanes) is 15. The number of rotatable bonds is 71. The van der Waals surface area contributed by atoms with Gasteiger partial charge in [0.1, 0.15) is 19.3 Å². The van der Waals surface area contributed by atoms with Gasteiger partial charge in [0.25, 0.3) is 0 Å². The van der Waals surface area contributed by atoms with Gasteiger partial charge in [-0.1, -0.05) is 255 Å². The van der Waals surface area contributed by atoms with Crippen molar-refractivity contribution in [3.63, 3.8) is 0 Å². The Balaban J connectivity index is 5.48. The average molecular weight is 1490 g/mol. The number of aliphatic hydroxyl groups excluding tert-OH is 1. The Morgan fingerprint density at radius 2 is 0.471 bits per heavy atom. The van der Waals surface area contributed by atoms with E-state index in [1.54, 1.807) is 0 Å². The van der Waals surface area contributed by atoms with Gasteiger partial charge in [-0.05, 0) is 173 Å². The Morgan fingerprint density at radius 1 is 0.269 bits per heavy atom. The van der Waals surface area contributed by atoms with Gasteiger partial charge in [-0.2, -0.15) is 0 Å². The molecule has 0 aromatic rings. The molecule has 17 nitrogen and oxygen atoms in total. The summed E-state index contributed by atoms with van der Waals surface area (Å²) in [5.41, 5.74) is 0. The van der Waals surface area contributed by atoms with E-state index >= 15 is 0 Å². The maximum absolute atomic E-state index is 13.1. The fourth-order valence-corrected chi connectivity index (χ4v) is 11.1. The molecule has 0 aliphatic heterocycles. The van der Waals surface area contributed by atoms with Crippen molar-refractivity contribution < 1.29 is 80.2 Å². The molecule has 588 valence electrons. The second-order valence-corrected chi connectivity index (χ2v) is 28.0. The number of phosphoric ester groups is 2. The van der Waals surface area contributed by atoms with Crippen molar-refractivity contribution in [2.45, 2.75) is 290 Å². The molecular weight excluding hydrogens is 1350 g/mol. The highest BCUT2D eigenvalue weighted by molar-refractivity contribution is 7.47. The van der Waals surface area contributed by atoms with Crippen molar-refractivity contribution in [1.82, 2.24) is 0 Å². The Kier molecular flexibility index (Phi) is 71.2. The van der Waals surface area contributed by atoms with Crippen LogP contribution in [0.2, 0.25) is 0 Å². The Morgan fingerprint density at radius 3 is 0.740 bits per heavy atom. The number of allylic oxidation sites excluding steroid dienone is 30. The molecule has 0 aromatic carbocycles. The average Bonchev–Trinajstić information content (AvgIpc) is 0.937. The van der Waals surface area contributed by atoms with E-state index in [0.29, 0.717) is 38.5 Å². The van der Waals surface area contributed by atoms with Crippen molar-refractivity contribution in [2.24, 2.45) is 0 Å². The van der Waals surface area contributed by atoms with Crippen LogP contribution in [-0.4, -0.2) is 96.7 Å². The molecule has 3 N–H and O–H groups in total. The maximum Gasteiger partial charge on any atom is 0.472 e. The number of carbonyl (C=O) groups is 4. The van der Waals surface area contributed by atoms with E-state index in [-0.39, 0.29) is 25.7 Å². The van der Waals surface area contributed by atoms with Gasteiger partial charge in [0.05, 0.1) is 26.4 Å². The van der Waals surface area contributed by atoms with E-state index in [2.05, 4.69) is 210 Å². The lowest BCUT2D eigenvalue weighted by Crippen LogP contribution is -2.30. The zero-order chi connectivity index (χ0) is 76.0. The zero-order valence-corrected chi connectivity index (χ0v) is 65.9. The molecule has 19 heteroatoms. The van der Waals surface area contributed by atoms with Gasteiger partial charge in [-0.15, -0.1) is 0 Å². The van der Waals surface area contributed by atoms with E-state index in [1.165, 1.54) is 0 Å². The molecule has 0 rings (SSSR count). The van der Waals surface area contributed by atoms with Crippen molar-refractivity contribution in [3.8, 4) is 0 Å². The molecule has 0 spiro atoms. The Hall–Kier alpha value is -5.84. The standard InChI is InChI=1S/C85H136O17P2/c1-5-9-13-17-21-25-29-33-37-39-43-45-49-53-57-61-65-69-82(87)95-75-80(101-84(89)71-67-63-59-55-51-47-41-35-31-27-23-19-15-11-7-3)77-99-103(91,92)97-73-79(86)74-98-104(93,94)100-78-81(102-85(90)72-68-64-60-56-52-48-42-36-32-28-24-20-16-12-8-4)76-96-83(88)70-66-62-58-54-50-46-44-40-38-34-30-26-22-18-14-10-6-2/h9-16,21-28,33-38,41-43,45,51-52,55-56,79-81,86H,5-8,17-20,29-32,39-40,44,46-50,53-54,57-78H2,1-4H3,(H,91,92)(H,93,94)/b13-9-,14-10-,15-11-,16-12-,25-21-,26-22-,27-23-,28-24-,37-33-,38-34-,41-35-,42-36-,45-43-,55-51-,56-52-. The first-order chi connectivity index (χ1) is 50.7. The quantitative estimate of drug-likeness (QED) is 0.0169. The smallest absolute Gasteiger partial charge is 0.462 e. The molecule has 0 radical (unpaired) electrons. The number of carbonyl (C=O) groups excluding carboxylic acids is 4. The van der Waals surface area contributed by atoms with Gasteiger partial charge in [-0.25, -0.2) is 9.13 Å². The highest BCUT2D eigenvalue weighted by Gasteiger charge is 2.30. The van der Waals surface area contributed by atoms with E-state index < -0.39 is 97.5 Å². The maximum atomic E-state index is 13.1. The Labute approximate surface area is 628 Å². The van der Waals surface area contributed by atoms with Crippen LogP contribution < -0.4 is 0 Å². The van der Waals surface area contributed by atoms with Crippen LogP contribution in [0.25, 0.3) is 0 Å². The SMILES string of the molecule is CC/C=C\C/C=C\C/C=C\C/C=C\CCCCCCC(=O)OCC(COP(=O)(O)OCC(O)COP(=O)(O)OCC(COC(=O)CCCCCCCCC/C=C\C/C=C\C/C=C\CC)OC(=O)CCCC/C=C\C/C=C\C/C=C\C/C=C\CC)OC(=O)CCCC/C=C\C/C=C\C/C=C\C/C=C\CC. The number of ether oxygens (including phenoxy) is 4. The second kappa shape index (κ2) is 75.4. The summed E-state index contributed by atoms with van der Waals surface area (Å²) in [5.74, 6) is -2.33. The summed E-state index contributed by atoms with van der Waals surface area (Å²) in [5, 5.41) is 10.6. The molecule has 0 aromatic heterocycles. The molecule has 104 heavy (non-hydrogen) atoms. The van der Waals surface area contributed by atoms with Crippen LogP contribution in [0.3, 0.4) is 0 Å². The summed E-state index contributed by atoms with van der Waals surface area (Å²) < 4.78 is 68.5. The molecule has 5 atom stereocenters.